The number of hydrogen-bond donors (Lipinski definition) is 1. The van der Waals surface area contributed by atoms with Crippen molar-refractivity contribution in [2.24, 2.45) is 7.05 Å². The Morgan fingerprint density at radius 3 is 2.46 bits per heavy atom. The fourth-order valence-electron chi connectivity index (χ4n) is 2.34. The van der Waals surface area contributed by atoms with Crippen molar-refractivity contribution < 1.29 is 23.9 Å². The fourth-order valence-corrected chi connectivity index (χ4v) is 2.34. The number of amides is 2. The molecule has 0 aliphatic rings. The standard InChI is InChI=1S/C19H22N2O5/c1-13(2)14-7-4-5-9-16(14)25-12-18(23)26-11-17(22)20-19(24)15-8-6-10-21(15)3/h4-10,13H,11-12H2,1-3H3,(H,20,22,24). The second-order valence-electron chi connectivity index (χ2n) is 6.02. The highest BCUT2D eigenvalue weighted by Crippen LogP contribution is 2.25. The van der Waals surface area contributed by atoms with E-state index in [4.69, 9.17) is 9.47 Å². The molecule has 7 heteroatoms. The van der Waals surface area contributed by atoms with Crippen LogP contribution in [0.3, 0.4) is 0 Å². The number of nitrogens with zero attached hydrogens (tertiary/aromatic N) is 1. The highest BCUT2D eigenvalue weighted by atomic mass is 16.6. The largest absolute Gasteiger partial charge is 0.482 e. The third-order valence-electron chi connectivity index (χ3n) is 3.68. The molecule has 7 nitrogen and oxygen atoms in total. The molecule has 0 saturated carbocycles. The number of nitrogens with one attached hydrogen (secondary N) is 1. The van der Waals surface area contributed by atoms with Crippen molar-refractivity contribution in [2.75, 3.05) is 13.2 Å². The van der Waals surface area contributed by atoms with Crippen LogP contribution in [-0.4, -0.2) is 35.6 Å². The molecular weight excluding hydrogens is 336 g/mol. The van der Waals surface area contributed by atoms with Gasteiger partial charge in [-0.2, -0.15) is 0 Å². The molecule has 26 heavy (non-hydrogen) atoms. The molecule has 1 aromatic carbocycles. The first kappa shape index (κ1) is 19.2. The van der Waals surface area contributed by atoms with E-state index >= 15 is 0 Å². The molecule has 0 aliphatic heterocycles. The second kappa shape index (κ2) is 8.84. The normalized spacial score (nSPS) is 10.5. The number of carbonyl (C=O) groups excluding carboxylic acids is 3. The van der Waals surface area contributed by atoms with E-state index in [1.54, 1.807) is 36.0 Å². The molecule has 2 rings (SSSR count). The highest BCUT2D eigenvalue weighted by molar-refractivity contribution is 6.04. The molecule has 0 radical (unpaired) electrons. The van der Waals surface area contributed by atoms with Crippen molar-refractivity contribution in [2.45, 2.75) is 19.8 Å². The van der Waals surface area contributed by atoms with Crippen LogP contribution in [-0.2, 0) is 21.4 Å². The Kier molecular flexibility index (Phi) is 6.54. The fraction of sp³-hybridized carbons (Fsp3) is 0.316. The summed E-state index contributed by atoms with van der Waals surface area (Å²) in [4.78, 5) is 35.4. The molecule has 1 N–H and O–H groups in total. The first-order valence-electron chi connectivity index (χ1n) is 8.21. The molecule has 0 atom stereocenters. The highest BCUT2D eigenvalue weighted by Gasteiger charge is 2.15. The monoisotopic (exact) mass is 358 g/mol. The Balaban J connectivity index is 1.77. The van der Waals surface area contributed by atoms with Gasteiger partial charge in [0.25, 0.3) is 11.8 Å². The summed E-state index contributed by atoms with van der Waals surface area (Å²) < 4.78 is 11.9. The molecule has 0 fully saturated rings. The molecule has 2 amide bonds. The number of hydrogen-bond acceptors (Lipinski definition) is 5. The van der Waals surface area contributed by atoms with E-state index in [2.05, 4.69) is 5.32 Å². The smallest absolute Gasteiger partial charge is 0.344 e. The summed E-state index contributed by atoms with van der Waals surface area (Å²) in [6.45, 7) is 3.18. The maximum Gasteiger partial charge on any atom is 0.344 e. The summed E-state index contributed by atoms with van der Waals surface area (Å²) in [6, 6.07) is 10.7. The predicted molar refractivity (Wildman–Crippen MR) is 94.9 cm³/mol. The molecular formula is C19H22N2O5. The topological polar surface area (TPSA) is 86.6 Å². The Bertz CT molecular complexity index is 795. The lowest BCUT2D eigenvalue weighted by Crippen LogP contribution is -2.35. The van der Waals surface area contributed by atoms with Crippen LogP contribution >= 0.6 is 0 Å². The number of para-hydroxylation sites is 1. The molecule has 1 aromatic heterocycles. The van der Waals surface area contributed by atoms with Crippen LogP contribution < -0.4 is 10.1 Å². The van der Waals surface area contributed by atoms with Gasteiger partial charge in [0.15, 0.2) is 13.2 Å². The number of carbonyl (C=O) groups is 3. The van der Waals surface area contributed by atoms with Gasteiger partial charge < -0.3 is 14.0 Å². The number of esters is 1. The van der Waals surface area contributed by atoms with E-state index in [0.717, 1.165) is 5.56 Å². The van der Waals surface area contributed by atoms with Gasteiger partial charge >= 0.3 is 5.97 Å². The number of imide groups is 1. The molecule has 0 unspecified atom stereocenters. The van der Waals surface area contributed by atoms with Crippen LogP contribution in [0.2, 0.25) is 0 Å². The van der Waals surface area contributed by atoms with Gasteiger partial charge in [0, 0.05) is 13.2 Å². The van der Waals surface area contributed by atoms with Gasteiger partial charge in [-0.3, -0.25) is 14.9 Å². The molecule has 138 valence electrons. The Labute approximate surface area is 151 Å². The van der Waals surface area contributed by atoms with Crippen molar-refractivity contribution in [3.63, 3.8) is 0 Å². The maximum atomic E-state index is 11.9. The van der Waals surface area contributed by atoms with Gasteiger partial charge in [0.2, 0.25) is 0 Å². The Morgan fingerprint density at radius 1 is 1.08 bits per heavy atom. The summed E-state index contributed by atoms with van der Waals surface area (Å²) in [5.41, 5.74) is 1.31. The number of benzene rings is 1. The first-order valence-corrected chi connectivity index (χ1v) is 8.21. The number of aryl methyl sites for hydroxylation is 1. The molecule has 2 aromatic rings. The summed E-state index contributed by atoms with van der Waals surface area (Å²) in [7, 11) is 1.69. The molecule has 0 spiro atoms. The van der Waals surface area contributed by atoms with Crippen molar-refractivity contribution in [3.8, 4) is 5.75 Å². The van der Waals surface area contributed by atoms with Crippen molar-refractivity contribution >= 4 is 17.8 Å². The van der Waals surface area contributed by atoms with E-state index in [1.807, 2.05) is 32.0 Å². The van der Waals surface area contributed by atoms with Crippen molar-refractivity contribution in [3.05, 3.63) is 53.9 Å². The molecule has 0 saturated heterocycles. The number of aromatic nitrogens is 1. The van der Waals surface area contributed by atoms with E-state index in [1.165, 1.54) is 0 Å². The molecule has 0 bridgehead atoms. The molecule has 0 aliphatic carbocycles. The van der Waals surface area contributed by atoms with Crippen LogP contribution in [0.4, 0.5) is 0 Å². The lowest BCUT2D eigenvalue weighted by molar-refractivity contribution is -0.150. The van der Waals surface area contributed by atoms with Gasteiger partial charge in [-0.15, -0.1) is 0 Å². The zero-order chi connectivity index (χ0) is 19.1. The van der Waals surface area contributed by atoms with E-state index < -0.39 is 24.4 Å². The van der Waals surface area contributed by atoms with Crippen molar-refractivity contribution in [1.29, 1.82) is 0 Å². The van der Waals surface area contributed by atoms with Crippen LogP contribution in [0.25, 0.3) is 0 Å². The Morgan fingerprint density at radius 2 is 1.81 bits per heavy atom. The van der Waals surface area contributed by atoms with Gasteiger partial charge in [-0.25, -0.2) is 4.79 Å². The average molecular weight is 358 g/mol. The first-order chi connectivity index (χ1) is 12.4. The van der Waals surface area contributed by atoms with Gasteiger partial charge in [0.1, 0.15) is 11.4 Å². The van der Waals surface area contributed by atoms with Crippen molar-refractivity contribution in [1.82, 2.24) is 9.88 Å². The minimum absolute atomic E-state index is 0.247. The van der Waals surface area contributed by atoms with Crippen LogP contribution in [0, 0.1) is 0 Å². The summed E-state index contributed by atoms with van der Waals surface area (Å²) in [5, 5.41) is 2.16. The van der Waals surface area contributed by atoms with Gasteiger partial charge in [-0.05, 0) is 29.7 Å². The lowest BCUT2D eigenvalue weighted by atomic mass is 10.0. The molecule has 1 heterocycles. The minimum Gasteiger partial charge on any atom is -0.482 e. The van der Waals surface area contributed by atoms with E-state index in [0.29, 0.717) is 11.4 Å². The zero-order valence-electron chi connectivity index (χ0n) is 15.0. The predicted octanol–water partition coefficient (Wildman–Crippen LogP) is 2.03. The SMILES string of the molecule is CC(C)c1ccccc1OCC(=O)OCC(=O)NC(=O)c1cccn1C. The summed E-state index contributed by atoms with van der Waals surface area (Å²) in [5.74, 6) is -1.10. The van der Waals surface area contributed by atoms with Gasteiger partial charge in [0.05, 0.1) is 0 Å². The third kappa shape index (κ3) is 5.20. The Hall–Kier alpha value is -3.09. The van der Waals surface area contributed by atoms with Crippen LogP contribution in [0.5, 0.6) is 5.75 Å². The maximum absolute atomic E-state index is 11.9. The number of rotatable bonds is 7. The third-order valence-corrected chi connectivity index (χ3v) is 3.68. The minimum atomic E-state index is -0.702. The number of ether oxygens (including phenoxy) is 2. The van der Waals surface area contributed by atoms with Gasteiger partial charge in [-0.1, -0.05) is 32.0 Å². The second-order valence-corrected chi connectivity index (χ2v) is 6.02. The quantitative estimate of drug-likeness (QED) is 0.765. The van der Waals surface area contributed by atoms with E-state index in [-0.39, 0.29) is 12.5 Å². The van der Waals surface area contributed by atoms with Crippen LogP contribution in [0.1, 0.15) is 35.8 Å². The summed E-state index contributed by atoms with van der Waals surface area (Å²) in [6.07, 6.45) is 1.69. The van der Waals surface area contributed by atoms with E-state index in [9.17, 15) is 14.4 Å². The zero-order valence-corrected chi connectivity index (χ0v) is 15.0. The summed E-state index contributed by atoms with van der Waals surface area (Å²) >= 11 is 0. The average Bonchev–Trinajstić information content (AvgIpc) is 3.04. The lowest BCUT2D eigenvalue weighted by Gasteiger charge is -2.13. The van der Waals surface area contributed by atoms with Crippen LogP contribution in [0.15, 0.2) is 42.6 Å².